The Labute approximate surface area is 156 Å². The van der Waals surface area contributed by atoms with Crippen molar-refractivity contribution in [3.63, 3.8) is 0 Å². The van der Waals surface area contributed by atoms with Gasteiger partial charge in [0.25, 0.3) is 0 Å². The van der Waals surface area contributed by atoms with Crippen molar-refractivity contribution in [3.8, 4) is 28.7 Å². The Morgan fingerprint density at radius 3 is 2.59 bits per heavy atom. The second-order valence-corrected chi connectivity index (χ2v) is 6.84. The van der Waals surface area contributed by atoms with Crippen molar-refractivity contribution < 1.29 is 4.52 Å². The van der Waals surface area contributed by atoms with Crippen LogP contribution < -0.4 is 0 Å². The van der Waals surface area contributed by atoms with Gasteiger partial charge in [-0.05, 0) is 26.0 Å². The first-order chi connectivity index (χ1) is 12.9. The van der Waals surface area contributed by atoms with Crippen molar-refractivity contribution in [2.75, 3.05) is 0 Å². The molecule has 4 heterocycles. The predicted molar refractivity (Wildman–Crippen MR) is 100 cm³/mol. The molecule has 0 aliphatic carbocycles. The third kappa shape index (κ3) is 3.03. The third-order valence-electron chi connectivity index (χ3n) is 4.47. The van der Waals surface area contributed by atoms with Gasteiger partial charge in [0.1, 0.15) is 0 Å². The Hall–Kier alpha value is -3.29. The maximum atomic E-state index is 5.58. The lowest BCUT2D eigenvalue weighted by Crippen LogP contribution is -2.03. The molecule has 4 aromatic heterocycles. The van der Waals surface area contributed by atoms with Crippen LogP contribution in [-0.2, 0) is 7.05 Å². The third-order valence-corrected chi connectivity index (χ3v) is 4.47. The van der Waals surface area contributed by atoms with Gasteiger partial charge in [0, 0.05) is 30.4 Å². The Morgan fingerprint density at radius 1 is 1.11 bits per heavy atom. The number of aryl methyl sites for hydroxylation is 2. The minimum Gasteiger partial charge on any atom is -0.355 e. The van der Waals surface area contributed by atoms with Crippen LogP contribution in [0.25, 0.3) is 28.7 Å². The van der Waals surface area contributed by atoms with E-state index in [-0.39, 0.29) is 5.92 Å². The summed E-state index contributed by atoms with van der Waals surface area (Å²) in [5.41, 5.74) is 3.42. The van der Waals surface area contributed by atoms with Gasteiger partial charge in [-0.25, -0.2) is 9.97 Å². The molecule has 0 spiro atoms. The zero-order chi connectivity index (χ0) is 19.1. The maximum absolute atomic E-state index is 5.58. The standard InChI is InChI=1S/C19H21N7O/c1-11(2)18-22-19(26(23-18)17-8-6-7-12(3)21-17)15-9-16(27-24-15)14-10-20-25(5)13(14)4/h6-11H,1-5H3. The van der Waals surface area contributed by atoms with Gasteiger partial charge in [0.2, 0.25) is 0 Å². The average Bonchev–Trinajstić information content (AvgIpc) is 3.34. The Bertz CT molecular complexity index is 1100. The van der Waals surface area contributed by atoms with Gasteiger partial charge in [-0.1, -0.05) is 25.1 Å². The van der Waals surface area contributed by atoms with Crippen molar-refractivity contribution in [2.24, 2.45) is 7.05 Å². The molecule has 8 heteroatoms. The van der Waals surface area contributed by atoms with Crippen molar-refractivity contribution in [1.29, 1.82) is 0 Å². The number of rotatable bonds is 4. The van der Waals surface area contributed by atoms with E-state index >= 15 is 0 Å². The molecule has 0 aromatic carbocycles. The summed E-state index contributed by atoms with van der Waals surface area (Å²) in [6.45, 7) is 8.05. The van der Waals surface area contributed by atoms with E-state index in [2.05, 4.69) is 39.2 Å². The Morgan fingerprint density at radius 2 is 1.93 bits per heavy atom. The van der Waals surface area contributed by atoms with E-state index in [9.17, 15) is 0 Å². The normalized spacial score (nSPS) is 11.5. The average molecular weight is 363 g/mol. The molecule has 0 N–H and O–H groups in total. The summed E-state index contributed by atoms with van der Waals surface area (Å²) >= 11 is 0. The summed E-state index contributed by atoms with van der Waals surface area (Å²) in [6.07, 6.45) is 1.77. The van der Waals surface area contributed by atoms with E-state index in [1.165, 1.54) is 0 Å². The fourth-order valence-corrected chi connectivity index (χ4v) is 2.79. The summed E-state index contributed by atoms with van der Waals surface area (Å²) in [4.78, 5) is 9.26. The molecular formula is C19H21N7O. The van der Waals surface area contributed by atoms with E-state index < -0.39 is 0 Å². The molecule has 0 saturated carbocycles. The molecule has 138 valence electrons. The SMILES string of the molecule is Cc1cccc(-n2nc(C(C)C)nc2-c2cc(-c3cnn(C)c3C)on2)n1. The minimum atomic E-state index is 0.182. The number of hydrogen-bond acceptors (Lipinski definition) is 6. The number of aromatic nitrogens is 7. The summed E-state index contributed by atoms with van der Waals surface area (Å²) in [5.74, 6) is 2.87. The quantitative estimate of drug-likeness (QED) is 0.552. The summed E-state index contributed by atoms with van der Waals surface area (Å²) in [5, 5.41) is 13.1. The van der Waals surface area contributed by atoms with Gasteiger partial charge in [0.15, 0.2) is 28.9 Å². The Balaban J connectivity index is 1.83. The highest BCUT2D eigenvalue weighted by atomic mass is 16.5. The van der Waals surface area contributed by atoms with E-state index in [1.807, 2.05) is 45.2 Å². The first-order valence-corrected chi connectivity index (χ1v) is 8.81. The fraction of sp³-hybridized carbons (Fsp3) is 0.316. The van der Waals surface area contributed by atoms with Crippen LogP contribution in [0.5, 0.6) is 0 Å². The van der Waals surface area contributed by atoms with Gasteiger partial charge < -0.3 is 4.52 Å². The van der Waals surface area contributed by atoms with Crippen LogP contribution >= 0.6 is 0 Å². The number of nitrogens with zero attached hydrogens (tertiary/aromatic N) is 7. The molecule has 8 nitrogen and oxygen atoms in total. The van der Waals surface area contributed by atoms with Gasteiger partial charge >= 0.3 is 0 Å². The molecule has 0 bridgehead atoms. The molecule has 0 fully saturated rings. The fourth-order valence-electron chi connectivity index (χ4n) is 2.79. The molecule has 0 atom stereocenters. The van der Waals surface area contributed by atoms with Gasteiger partial charge in [0.05, 0.1) is 11.8 Å². The molecule has 4 aromatic rings. The van der Waals surface area contributed by atoms with E-state index in [0.717, 1.165) is 22.8 Å². The maximum Gasteiger partial charge on any atom is 0.187 e. The van der Waals surface area contributed by atoms with Crippen molar-refractivity contribution in [3.05, 3.63) is 47.7 Å². The van der Waals surface area contributed by atoms with E-state index in [4.69, 9.17) is 4.52 Å². The molecule has 0 amide bonds. The van der Waals surface area contributed by atoms with Crippen LogP contribution in [0.15, 0.2) is 35.0 Å². The van der Waals surface area contributed by atoms with Gasteiger partial charge in [-0.15, -0.1) is 5.10 Å². The highest BCUT2D eigenvalue weighted by molar-refractivity contribution is 5.65. The lowest BCUT2D eigenvalue weighted by molar-refractivity contribution is 0.434. The van der Waals surface area contributed by atoms with Crippen LogP contribution in [0.1, 0.15) is 37.0 Å². The predicted octanol–water partition coefficient (Wildman–Crippen LogP) is 3.46. The largest absolute Gasteiger partial charge is 0.355 e. The molecule has 4 rings (SSSR count). The lowest BCUT2D eigenvalue weighted by Gasteiger charge is -2.03. The van der Waals surface area contributed by atoms with Crippen LogP contribution in [0, 0.1) is 13.8 Å². The van der Waals surface area contributed by atoms with Crippen LogP contribution in [0.2, 0.25) is 0 Å². The monoisotopic (exact) mass is 363 g/mol. The minimum absolute atomic E-state index is 0.182. The van der Waals surface area contributed by atoms with Crippen molar-refractivity contribution in [2.45, 2.75) is 33.6 Å². The van der Waals surface area contributed by atoms with E-state index in [0.29, 0.717) is 23.1 Å². The molecule has 0 radical (unpaired) electrons. The highest BCUT2D eigenvalue weighted by Crippen LogP contribution is 2.28. The molecule has 0 unspecified atom stereocenters. The van der Waals surface area contributed by atoms with Gasteiger partial charge in [-0.2, -0.15) is 9.78 Å². The second-order valence-electron chi connectivity index (χ2n) is 6.84. The Kier molecular flexibility index (Phi) is 4.10. The zero-order valence-electron chi connectivity index (χ0n) is 16.0. The van der Waals surface area contributed by atoms with Crippen molar-refractivity contribution >= 4 is 0 Å². The smallest absolute Gasteiger partial charge is 0.187 e. The lowest BCUT2D eigenvalue weighted by atomic mass is 10.2. The molecule has 0 saturated heterocycles. The van der Waals surface area contributed by atoms with Crippen LogP contribution in [0.3, 0.4) is 0 Å². The summed E-state index contributed by atoms with van der Waals surface area (Å²) < 4.78 is 9.10. The first-order valence-electron chi connectivity index (χ1n) is 8.81. The van der Waals surface area contributed by atoms with Gasteiger partial charge in [-0.3, -0.25) is 4.68 Å². The van der Waals surface area contributed by atoms with Crippen LogP contribution in [0.4, 0.5) is 0 Å². The second kappa shape index (κ2) is 6.46. The first kappa shape index (κ1) is 17.1. The van der Waals surface area contributed by atoms with Crippen LogP contribution in [-0.4, -0.2) is 34.7 Å². The summed E-state index contributed by atoms with van der Waals surface area (Å²) in [6, 6.07) is 7.67. The molecule has 0 aliphatic rings. The number of hydrogen-bond donors (Lipinski definition) is 0. The topological polar surface area (TPSA) is 87.5 Å². The highest BCUT2D eigenvalue weighted by Gasteiger charge is 2.21. The zero-order valence-corrected chi connectivity index (χ0v) is 16.0. The summed E-state index contributed by atoms with van der Waals surface area (Å²) in [7, 11) is 1.89. The molecular weight excluding hydrogens is 342 g/mol. The molecule has 0 aliphatic heterocycles. The number of pyridine rings is 1. The van der Waals surface area contributed by atoms with Crippen molar-refractivity contribution in [1.82, 2.24) is 34.7 Å². The molecule has 27 heavy (non-hydrogen) atoms. The van der Waals surface area contributed by atoms with E-state index in [1.54, 1.807) is 15.6 Å².